The molecule has 1 rings (SSSR count). The van der Waals surface area contributed by atoms with Gasteiger partial charge in [0.1, 0.15) is 0 Å². The zero-order chi connectivity index (χ0) is 8.43. The summed E-state index contributed by atoms with van der Waals surface area (Å²) >= 11 is 0. The molecule has 0 bridgehead atoms. The molecule has 0 aliphatic heterocycles. The second kappa shape index (κ2) is 3.22. The van der Waals surface area contributed by atoms with Gasteiger partial charge in [-0.05, 0) is 19.9 Å². The van der Waals surface area contributed by atoms with Gasteiger partial charge in [-0.1, -0.05) is 6.92 Å². The van der Waals surface area contributed by atoms with Crippen molar-refractivity contribution in [2.45, 2.75) is 25.8 Å². The summed E-state index contributed by atoms with van der Waals surface area (Å²) < 4.78 is 0. The minimum Gasteiger partial charge on any atom is -0.481 e. The normalized spacial score (nSPS) is 20.3. The van der Waals surface area contributed by atoms with Crippen LogP contribution >= 0.6 is 0 Å². The first-order chi connectivity index (χ1) is 5.11. The SMILES string of the molecule is CC(CN(C)C1CC1)C(=O)O. The van der Waals surface area contributed by atoms with Crippen LogP contribution < -0.4 is 0 Å². The van der Waals surface area contributed by atoms with Crippen LogP contribution in [0.3, 0.4) is 0 Å². The highest BCUT2D eigenvalue weighted by molar-refractivity contribution is 5.69. The topological polar surface area (TPSA) is 40.5 Å². The predicted octanol–water partition coefficient (Wildman–Crippen LogP) is 0.801. The highest BCUT2D eigenvalue weighted by Gasteiger charge is 2.27. The number of rotatable bonds is 4. The van der Waals surface area contributed by atoms with Crippen molar-refractivity contribution in [1.29, 1.82) is 0 Å². The Kier molecular flexibility index (Phi) is 2.49. The second-order valence-corrected chi connectivity index (χ2v) is 3.41. The van der Waals surface area contributed by atoms with Crippen molar-refractivity contribution in [3.63, 3.8) is 0 Å². The molecule has 0 heterocycles. The van der Waals surface area contributed by atoms with Crippen molar-refractivity contribution in [3.05, 3.63) is 0 Å². The second-order valence-electron chi connectivity index (χ2n) is 3.41. The molecule has 0 spiro atoms. The molecule has 0 aromatic carbocycles. The Bertz CT molecular complexity index is 154. The van der Waals surface area contributed by atoms with Gasteiger partial charge in [0.25, 0.3) is 0 Å². The summed E-state index contributed by atoms with van der Waals surface area (Å²) in [5.41, 5.74) is 0. The summed E-state index contributed by atoms with van der Waals surface area (Å²) in [5.74, 6) is -0.932. The lowest BCUT2D eigenvalue weighted by atomic mass is 10.2. The Morgan fingerprint density at radius 2 is 2.27 bits per heavy atom. The molecule has 1 aliphatic rings. The van der Waals surface area contributed by atoms with E-state index in [0.29, 0.717) is 12.6 Å². The number of hydrogen-bond donors (Lipinski definition) is 1. The van der Waals surface area contributed by atoms with E-state index in [0.717, 1.165) is 0 Å². The third kappa shape index (κ3) is 2.50. The van der Waals surface area contributed by atoms with Crippen LogP contribution in [-0.2, 0) is 4.79 Å². The van der Waals surface area contributed by atoms with Crippen LogP contribution in [0.15, 0.2) is 0 Å². The van der Waals surface area contributed by atoms with E-state index in [2.05, 4.69) is 4.90 Å². The van der Waals surface area contributed by atoms with Gasteiger partial charge in [-0.2, -0.15) is 0 Å². The maximum absolute atomic E-state index is 10.5. The van der Waals surface area contributed by atoms with E-state index in [1.165, 1.54) is 12.8 Å². The van der Waals surface area contributed by atoms with Gasteiger partial charge < -0.3 is 10.0 Å². The van der Waals surface area contributed by atoms with Gasteiger partial charge in [-0.25, -0.2) is 0 Å². The zero-order valence-electron chi connectivity index (χ0n) is 7.08. The average molecular weight is 157 g/mol. The Labute approximate surface area is 67.0 Å². The minimum absolute atomic E-state index is 0.236. The number of carbonyl (C=O) groups is 1. The number of carboxylic acid groups (broad SMARTS) is 1. The molecule has 1 N–H and O–H groups in total. The lowest BCUT2D eigenvalue weighted by Gasteiger charge is -2.17. The molecule has 0 radical (unpaired) electrons. The van der Waals surface area contributed by atoms with E-state index >= 15 is 0 Å². The fourth-order valence-electron chi connectivity index (χ4n) is 1.17. The van der Waals surface area contributed by atoms with Crippen LogP contribution in [-0.4, -0.2) is 35.6 Å². The molecule has 1 aliphatic carbocycles. The van der Waals surface area contributed by atoms with E-state index < -0.39 is 5.97 Å². The van der Waals surface area contributed by atoms with E-state index in [1.54, 1.807) is 6.92 Å². The van der Waals surface area contributed by atoms with Crippen LogP contribution in [0.5, 0.6) is 0 Å². The molecule has 1 unspecified atom stereocenters. The Hall–Kier alpha value is -0.570. The largest absolute Gasteiger partial charge is 0.481 e. The van der Waals surface area contributed by atoms with E-state index in [4.69, 9.17) is 5.11 Å². The van der Waals surface area contributed by atoms with Crippen LogP contribution in [0.2, 0.25) is 0 Å². The van der Waals surface area contributed by atoms with Crippen molar-refractivity contribution in [3.8, 4) is 0 Å². The fourth-order valence-corrected chi connectivity index (χ4v) is 1.17. The quantitative estimate of drug-likeness (QED) is 0.656. The fraction of sp³-hybridized carbons (Fsp3) is 0.875. The molecule has 64 valence electrons. The number of hydrogen-bond acceptors (Lipinski definition) is 2. The number of carboxylic acids is 1. The number of aliphatic carboxylic acids is 1. The van der Waals surface area contributed by atoms with Gasteiger partial charge in [-0.15, -0.1) is 0 Å². The first-order valence-corrected chi connectivity index (χ1v) is 4.04. The first kappa shape index (κ1) is 8.53. The van der Waals surface area contributed by atoms with Gasteiger partial charge in [0, 0.05) is 12.6 Å². The highest BCUT2D eigenvalue weighted by Crippen LogP contribution is 2.25. The molecule has 0 saturated heterocycles. The first-order valence-electron chi connectivity index (χ1n) is 4.04. The third-order valence-corrected chi connectivity index (χ3v) is 2.15. The summed E-state index contributed by atoms with van der Waals surface area (Å²) in [6, 6.07) is 0.664. The Morgan fingerprint density at radius 3 is 2.64 bits per heavy atom. The summed E-state index contributed by atoms with van der Waals surface area (Å²) in [5, 5.41) is 8.61. The summed E-state index contributed by atoms with van der Waals surface area (Å²) in [6.45, 7) is 2.43. The molecular weight excluding hydrogens is 142 g/mol. The average Bonchev–Trinajstić information content (AvgIpc) is 2.67. The summed E-state index contributed by atoms with van der Waals surface area (Å²) in [7, 11) is 2.00. The summed E-state index contributed by atoms with van der Waals surface area (Å²) in [6.07, 6.45) is 2.48. The maximum atomic E-state index is 10.5. The molecule has 1 fully saturated rings. The lowest BCUT2D eigenvalue weighted by Crippen LogP contribution is -2.30. The van der Waals surface area contributed by atoms with E-state index in [1.807, 2.05) is 7.05 Å². The molecule has 0 amide bonds. The van der Waals surface area contributed by atoms with Crippen LogP contribution in [0.1, 0.15) is 19.8 Å². The van der Waals surface area contributed by atoms with Crippen molar-refractivity contribution in [1.82, 2.24) is 4.90 Å². The summed E-state index contributed by atoms with van der Waals surface area (Å²) in [4.78, 5) is 12.6. The van der Waals surface area contributed by atoms with Crippen LogP contribution in [0, 0.1) is 5.92 Å². The van der Waals surface area contributed by atoms with Crippen molar-refractivity contribution in [2.24, 2.45) is 5.92 Å². The Balaban J connectivity index is 2.22. The Morgan fingerprint density at radius 1 is 1.73 bits per heavy atom. The van der Waals surface area contributed by atoms with Crippen LogP contribution in [0.25, 0.3) is 0 Å². The predicted molar refractivity (Wildman–Crippen MR) is 42.5 cm³/mol. The smallest absolute Gasteiger partial charge is 0.307 e. The molecule has 1 atom stereocenters. The van der Waals surface area contributed by atoms with Crippen molar-refractivity contribution >= 4 is 5.97 Å². The lowest BCUT2D eigenvalue weighted by molar-refractivity contribution is -0.141. The molecule has 0 aromatic rings. The maximum Gasteiger partial charge on any atom is 0.307 e. The van der Waals surface area contributed by atoms with E-state index in [9.17, 15) is 4.79 Å². The molecule has 3 nitrogen and oxygen atoms in total. The standard InChI is InChI=1S/C8H15NO2/c1-6(8(10)11)5-9(2)7-3-4-7/h6-7H,3-5H2,1-2H3,(H,10,11). The van der Waals surface area contributed by atoms with Gasteiger partial charge in [0.15, 0.2) is 0 Å². The molecule has 1 saturated carbocycles. The highest BCUT2D eigenvalue weighted by atomic mass is 16.4. The minimum atomic E-state index is -0.697. The van der Waals surface area contributed by atoms with Crippen molar-refractivity contribution < 1.29 is 9.90 Å². The third-order valence-electron chi connectivity index (χ3n) is 2.15. The molecular formula is C8H15NO2. The van der Waals surface area contributed by atoms with Crippen molar-refractivity contribution in [2.75, 3.05) is 13.6 Å². The van der Waals surface area contributed by atoms with Gasteiger partial charge >= 0.3 is 5.97 Å². The molecule has 11 heavy (non-hydrogen) atoms. The molecule has 3 heteroatoms. The van der Waals surface area contributed by atoms with Gasteiger partial charge in [0.05, 0.1) is 5.92 Å². The van der Waals surface area contributed by atoms with Gasteiger partial charge in [0.2, 0.25) is 0 Å². The van der Waals surface area contributed by atoms with E-state index in [-0.39, 0.29) is 5.92 Å². The molecule has 0 aromatic heterocycles. The zero-order valence-corrected chi connectivity index (χ0v) is 7.08. The monoisotopic (exact) mass is 157 g/mol. The van der Waals surface area contributed by atoms with Gasteiger partial charge in [-0.3, -0.25) is 4.79 Å². The number of nitrogens with zero attached hydrogens (tertiary/aromatic N) is 1. The van der Waals surface area contributed by atoms with Crippen LogP contribution in [0.4, 0.5) is 0 Å².